The summed E-state index contributed by atoms with van der Waals surface area (Å²) in [6.45, 7) is 0.632. The lowest BCUT2D eigenvalue weighted by molar-refractivity contribution is -0.117. The Balaban J connectivity index is 1.69. The normalized spacial score (nSPS) is 18.5. The summed E-state index contributed by atoms with van der Waals surface area (Å²) < 4.78 is 3.81. The molecule has 2 aromatic heterocycles. The van der Waals surface area contributed by atoms with Crippen LogP contribution in [0.4, 0.5) is 5.82 Å². The van der Waals surface area contributed by atoms with E-state index in [1.165, 1.54) is 0 Å². The summed E-state index contributed by atoms with van der Waals surface area (Å²) in [6, 6.07) is 9.92. The fraction of sp³-hybridized carbons (Fsp3) is 0.312. The van der Waals surface area contributed by atoms with Crippen molar-refractivity contribution in [2.24, 2.45) is 14.1 Å². The van der Waals surface area contributed by atoms with Crippen LogP contribution < -0.4 is 4.90 Å². The molecular formula is C16H17N5O. The lowest BCUT2D eigenvalue weighted by Gasteiger charge is -2.13. The maximum atomic E-state index is 12.3. The molecule has 6 heteroatoms. The first-order valence-corrected chi connectivity index (χ1v) is 7.35. The van der Waals surface area contributed by atoms with Crippen molar-refractivity contribution >= 4 is 22.8 Å². The van der Waals surface area contributed by atoms with Gasteiger partial charge in [-0.25, -0.2) is 4.98 Å². The number of aromatic nitrogens is 4. The zero-order valence-electron chi connectivity index (χ0n) is 12.6. The molecule has 1 amide bonds. The Morgan fingerprint density at radius 2 is 2.00 bits per heavy atom. The number of carbonyl (C=O) groups excluding carboxylic acids is 1. The van der Waals surface area contributed by atoms with Crippen molar-refractivity contribution < 1.29 is 4.79 Å². The molecule has 0 radical (unpaired) electrons. The van der Waals surface area contributed by atoms with E-state index in [0.717, 1.165) is 16.9 Å². The lowest BCUT2D eigenvalue weighted by atomic mass is 10.1. The maximum absolute atomic E-state index is 12.3. The summed E-state index contributed by atoms with van der Waals surface area (Å²) in [6.07, 6.45) is 2.33. The molecule has 0 saturated carbocycles. The molecule has 112 valence electrons. The van der Waals surface area contributed by atoms with Crippen LogP contribution in [-0.4, -0.2) is 31.8 Å². The van der Waals surface area contributed by atoms with Gasteiger partial charge in [0.05, 0.1) is 11.0 Å². The van der Waals surface area contributed by atoms with Gasteiger partial charge in [-0.1, -0.05) is 12.1 Å². The van der Waals surface area contributed by atoms with E-state index in [0.29, 0.717) is 18.8 Å². The molecule has 3 heterocycles. The molecule has 1 aliphatic rings. The number of rotatable bonds is 2. The fourth-order valence-electron chi connectivity index (χ4n) is 3.18. The van der Waals surface area contributed by atoms with Crippen molar-refractivity contribution in [1.29, 1.82) is 0 Å². The minimum atomic E-state index is 0.104. The first kappa shape index (κ1) is 13.1. The zero-order valence-corrected chi connectivity index (χ0v) is 12.6. The Morgan fingerprint density at radius 1 is 1.18 bits per heavy atom. The average Bonchev–Trinajstić information content (AvgIpc) is 3.18. The molecule has 6 nitrogen and oxygen atoms in total. The first-order chi connectivity index (χ1) is 10.6. The third-order valence-electron chi connectivity index (χ3n) is 4.29. The minimum Gasteiger partial charge on any atom is -0.331 e. The average molecular weight is 295 g/mol. The van der Waals surface area contributed by atoms with Gasteiger partial charge in [0.15, 0.2) is 5.82 Å². The van der Waals surface area contributed by atoms with Gasteiger partial charge in [-0.3, -0.25) is 14.4 Å². The van der Waals surface area contributed by atoms with Gasteiger partial charge in [0, 0.05) is 45.2 Å². The number of hydrogen-bond acceptors (Lipinski definition) is 3. The highest BCUT2D eigenvalue weighted by atomic mass is 16.2. The molecule has 1 aromatic carbocycles. The molecule has 4 rings (SSSR count). The number of amides is 1. The first-order valence-electron chi connectivity index (χ1n) is 7.35. The van der Waals surface area contributed by atoms with Crippen molar-refractivity contribution in [2.75, 3.05) is 11.4 Å². The molecular weight excluding hydrogens is 278 g/mol. The lowest BCUT2D eigenvalue weighted by Crippen LogP contribution is -2.25. The van der Waals surface area contributed by atoms with E-state index < -0.39 is 0 Å². The third-order valence-corrected chi connectivity index (χ3v) is 4.29. The second kappa shape index (κ2) is 4.69. The molecule has 0 spiro atoms. The van der Waals surface area contributed by atoms with E-state index in [9.17, 15) is 4.79 Å². The summed E-state index contributed by atoms with van der Waals surface area (Å²) >= 11 is 0. The molecule has 3 aromatic rings. The highest BCUT2D eigenvalue weighted by molar-refractivity contribution is 5.95. The van der Waals surface area contributed by atoms with Crippen molar-refractivity contribution in [1.82, 2.24) is 19.3 Å². The van der Waals surface area contributed by atoms with E-state index in [4.69, 9.17) is 4.98 Å². The molecule has 0 N–H and O–H groups in total. The number of hydrogen-bond donors (Lipinski definition) is 0. The van der Waals surface area contributed by atoms with Gasteiger partial charge in [-0.2, -0.15) is 5.10 Å². The fourth-order valence-corrected chi connectivity index (χ4v) is 3.18. The predicted octanol–water partition coefficient (Wildman–Crippen LogP) is 1.83. The smallest absolute Gasteiger partial charge is 0.229 e. The van der Waals surface area contributed by atoms with Crippen molar-refractivity contribution in [3.05, 3.63) is 42.4 Å². The number of para-hydroxylation sites is 2. The topological polar surface area (TPSA) is 56.0 Å². The number of aryl methyl sites for hydroxylation is 2. The molecule has 0 bridgehead atoms. The Bertz CT molecular complexity index is 862. The summed E-state index contributed by atoms with van der Waals surface area (Å²) in [4.78, 5) is 18.8. The quantitative estimate of drug-likeness (QED) is 0.724. The van der Waals surface area contributed by atoms with Gasteiger partial charge in [-0.15, -0.1) is 0 Å². The predicted molar refractivity (Wildman–Crippen MR) is 83.6 cm³/mol. The van der Waals surface area contributed by atoms with Crippen molar-refractivity contribution in [3.8, 4) is 0 Å². The zero-order chi connectivity index (χ0) is 15.3. The Kier molecular flexibility index (Phi) is 2.79. The number of fused-ring (bicyclic) bond motifs is 1. The maximum Gasteiger partial charge on any atom is 0.229 e. The van der Waals surface area contributed by atoms with Crippen LogP contribution in [0.1, 0.15) is 18.2 Å². The van der Waals surface area contributed by atoms with Crippen LogP contribution in [0.2, 0.25) is 0 Å². The van der Waals surface area contributed by atoms with E-state index in [2.05, 4.69) is 15.7 Å². The van der Waals surface area contributed by atoms with Crippen LogP contribution in [-0.2, 0) is 18.9 Å². The van der Waals surface area contributed by atoms with Gasteiger partial charge < -0.3 is 4.57 Å². The molecule has 1 atom stereocenters. The molecule has 1 aliphatic heterocycles. The van der Waals surface area contributed by atoms with Crippen molar-refractivity contribution in [2.45, 2.75) is 12.3 Å². The molecule has 1 saturated heterocycles. The molecule has 0 aliphatic carbocycles. The van der Waals surface area contributed by atoms with Gasteiger partial charge in [0.2, 0.25) is 5.91 Å². The van der Waals surface area contributed by atoms with E-state index >= 15 is 0 Å². The Morgan fingerprint density at radius 3 is 2.73 bits per heavy atom. The SMILES string of the molecule is Cn1ccc(N2CC(c3nc4ccccc4n3C)CC2=O)n1. The Labute approximate surface area is 128 Å². The second-order valence-corrected chi connectivity index (χ2v) is 5.77. The molecule has 1 unspecified atom stereocenters. The largest absolute Gasteiger partial charge is 0.331 e. The highest BCUT2D eigenvalue weighted by Crippen LogP contribution is 2.31. The highest BCUT2D eigenvalue weighted by Gasteiger charge is 2.35. The van der Waals surface area contributed by atoms with E-state index in [-0.39, 0.29) is 11.8 Å². The van der Waals surface area contributed by atoms with Crippen molar-refractivity contribution in [3.63, 3.8) is 0 Å². The molecule has 22 heavy (non-hydrogen) atoms. The number of benzene rings is 1. The number of nitrogens with zero attached hydrogens (tertiary/aromatic N) is 5. The van der Waals surface area contributed by atoms with Crippen LogP contribution >= 0.6 is 0 Å². The van der Waals surface area contributed by atoms with Gasteiger partial charge in [-0.05, 0) is 12.1 Å². The van der Waals surface area contributed by atoms with Crippen LogP contribution in [0.3, 0.4) is 0 Å². The summed E-state index contributed by atoms with van der Waals surface area (Å²) in [7, 11) is 3.87. The standard InChI is InChI=1S/C16H17N5O/c1-19-8-7-14(18-19)21-10-11(9-15(21)22)16-17-12-5-3-4-6-13(12)20(16)2/h3-8,11H,9-10H2,1-2H3. The number of anilines is 1. The van der Waals surface area contributed by atoms with Crippen LogP contribution in [0.15, 0.2) is 36.5 Å². The van der Waals surface area contributed by atoms with E-state index in [1.807, 2.05) is 44.6 Å². The van der Waals surface area contributed by atoms with E-state index in [1.54, 1.807) is 9.58 Å². The second-order valence-electron chi connectivity index (χ2n) is 5.77. The van der Waals surface area contributed by atoms with Gasteiger partial charge in [0.1, 0.15) is 5.82 Å². The molecule has 1 fully saturated rings. The van der Waals surface area contributed by atoms with Crippen LogP contribution in [0, 0.1) is 0 Å². The van der Waals surface area contributed by atoms with Crippen LogP contribution in [0.5, 0.6) is 0 Å². The minimum absolute atomic E-state index is 0.104. The van der Waals surface area contributed by atoms with Gasteiger partial charge in [0.25, 0.3) is 0 Å². The Hall–Kier alpha value is -2.63. The third kappa shape index (κ3) is 1.91. The number of carbonyl (C=O) groups is 1. The van der Waals surface area contributed by atoms with Gasteiger partial charge >= 0.3 is 0 Å². The summed E-state index contributed by atoms with van der Waals surface area (Å²) in [5.74, 6) is 1.89. The monoisotopic (exact) mass is 295 g/mol. The summed E-state index contributed by atoms with van der Waals surface area (Å²) in [5, 5.41) is 4.33. The number of imidazole rings is 1. The van der Waals surface area contributed by atoms with Crippen LogP contribution in [0.25, 0.3) is 11.0 Å². The summed E-state index contributed by atoms with van der Waals surface area (Å²) in [5.41, 5.74) is 2.07.